The SMILES string of the molecule is N#Cc1ccc(Nc2nc(N)ncc2[N+](=O)[O-])cc1C#N. The molecule has 1 aromatic heterocycles. The van der Waals surface area contributed by atoms with Crippen molar-refractivity contribution in [3.05, 3.63) is 45.6 Å². The van der Waals surface area contributed by atoms with E-state index in [1.165, 1.54) is 18.2 Å². The number of nitrogens with zero attached hydrogens (tertiary/aromatic N) is 5. The highest BCUT2D eigenvalue weighted by Gasteiger charge is 2.17. The number of nitrogens with one attached hydrogen (secondary N) is 1. The highest BCUT2D eigenvalue weighted by molar-refractivity contribution is 5.68. The molecular weight excluding hydrogens is 274 g/mol. The maximum Gasteiger partial charge on any atom is 0.329 e. The van der Waals surface area contributed by atoms with E-state index in [1.54, 1.807) is 0 Å². The highest BCUT2D eigenvalue weighted by Crippen LogP contribution is 2.26. The van der Waals surface area contributed by atoms with Crippen LogP contribution in [0.1, 0.15) is 11.1 Å². The quantitative estimate of drug-likeness (QED) is 0.632. The topological polar surface area (TPSA) is 155 Å². The summed E-state index contributed by atoms with van der Waals surface area (Å²) in [5.74, 6) is -0.224. The molecule has 0 saturated heterocycles. The number of nitro groups is 1. The zero-order valence-electron chi connectivity index (χ0n) is 10.4. The number of anilines is 3. The van der Waals surface area contributed by atoms with Crippen molar-refractivity contribution < 1.29 is 4.92 Å². The molecule has 1 aromatic carbocycles. The Morgan fingerprint density at radius 1 is 1.29 bits per heavy atom. The van der Waals surface area contributed by atoms with E-state index in [-0.39, 0.29) is 28.6 Å². The third kappa shape index (κ3) is 2.83. The molecule has 9 nitrogen and oxygen atoms in total. The van der Waals surface area contributed by atoms with Crippen LogP contribution in [0.15, 0.2) is 24.4 Å². The van der Waals surface area contributed by atoms with Gasteiger partial charge in [0.1, 0.15) is 18.3 Å². The minimum Gasteiger partial charge on any atom is -0.368 e. The smallest absolute Gasteiger partial charge is 0.329 e. The van der Waals surface area contributed by atoms with Gasteiger partial charge < -0.3 is 11.1 Å². The Balaban J connectivity index is 2.44. The van der Waals surface area contributed by atoms with Crippen LogP contribution in [0.25, 0.3) is 0 Å². The molecule has 2 rings (SSSR count). The van der Waals surface area contributed by atoms with Crippen molar-refractivity contribution >= 4 is 23.1 Å². The lowest BCUT2D eigenvalue weighted by Gasteiger charge is -2.07. The van der Waals surface area contributed by atoms with E-state index in [0.29, 0.717) is 5.69 Å². The van der Waals surface area contributed by atoms with Gasteiger partial charge in [-0.2, -0.15) is 15.5 Å². The van der Waals surface area contributed by atoms with Crippen molar-refractivity contribution in [3.8, 4) is 12.1 Å². The van der Waals surface area contributed by atoms with Gasteiger partial charge in [0.15, 0.2) is 0 Å². The van der Waals surface area contributed by atoms with Crippen LogP contribution >= 0.6 is 0 Å². The first-order valence-electron chi connectivity index (χ1n) is 5.53. The van der Waals surface area contributed by atoms with Gasteiger partial charge in [0, 0.05) is 5.69 Å². The Hall–Kier alpha value is -3.72. The van der Waals surface area contributed by atoms with Gasteiger partial charge in [-0.15, -0.1) is 0 Å². The summed E-state index contributed by atoms with van der Waals surface area (Å²) < 4.78 is 0. The molecule has 102 valence electrons. The third-order valence-electron chi connectivity index (χ3n) is 2.51. The summed E-state index contributed by atoms with van der Waals surface area (Å²) in [5.41, 5.74) is 5.77. The fourth-order valence-corrected chi connectivity index (χ4v) is 1.56. The van der Waals surface area contributed by atoms with Crippen molar-refractivity contribution in [1.29, 1.82) is 10.5 Å². The summed E-state index contributed by atoms with van der Waals surface area (Å²) in [6.45, 7) is 0. The molecule has 0 aliphatic rings. The van der Waals surface area contributed by atoms with Gasteiger partial charge in [-0.05, 0) is 18.2 Å². The van der Waals surface area contributed by atoms with Crippen LogP contribution in [0.5, 0.6) is 0 Å². The number of nitrogens with two attached hydrogens (primary N) is 1. The second-order valence-corrected chi connectivity index (χ2v) is 3.83. The molecule has 0 aliphatic heterocycles. The van der Waals surface area contributed by atoms with E-state index in [0.717, 1.165) is 6.20 Å². The van der Waals surface area contributed by atoms with E-state index in [4.69, 9.17) is 16.3 Å². The minimum atomic E-state index is -0.656. The van der Waals surface area contributed by atoms with Crippen LogP contribution in [0.4, 0.5) is 23.1 Å². The number of aromatic nitrogens is 2. The lowest BCUT2D eigenvalue weighted by Crippen LogP contribution is -2.04. The fourth-order valence-electron chi connectivity index (χ4n) is 1.56. The van der Waals surface area contributed by atoms with Crippen molar-refractivity contribution in [2.45, 2.75) is 0 Å². The molecule has 9 heteroatoms. The molecule has 0 unspecified atom stereocenters. The van der Waals surface area contributed by atoms with Gasteiger partial charge >= 0.3 is 5.69 Å². The molecule has 3 N–H and O–H groups in total. The molecule has 0 atom stereocenters. The Kier molecular flexibility index (Phi) is 3.59. The van der Waals surface area contributed by atoms with E-state index in [9.17, 15) is 10.1 Å². The number of nitrogen functional groups attached to an aromatic ring is 1. The van der Waals surface area contributed by atoms with E-state index < -0.39 is 4.92 Å². The van der Waals surface area contributed by atoms with Crippen LogP contribution < -0.4 is 11.1 Å². The first-order chi connectivity index (χ1) is 10.0. The standard InChI is InChI=1S/C12H7N7O2/c13-4-7-1-2-9(3-8(7)5-14)17-11-10(19(20)21)6-16-12(15)18-11/h1-3,6H,(H3,15,16,17,18). The van der Waals surface area contributed by atoms with Crippen LogP contribution in [-0.4, -0.2) is 14.9 Å². The minimum absolute atomic E-state index is 0.0962. The van der Waals surface area contributed by atoms with Gasteiger partial charge in [-0.25, -0.2) is 4.98 Å². The summed E-state index contributed by atoms with van der Waals surface area (Å²) in [5, 5.41) is 31.4. The average molecular weight is 281 g/mol. The Bertz CT molecular complexity index is 804. The molecule has 21 heavy (non-hydrogen) atoms. The van der Waals surface area contributed by atoms with Crippen LogP contribution in [0.3, 0.4) is 0 Å². The molecular formula is C12H7N7O2. The summed E-state index contributed by atoms with van der Waals surface area (Å²) in [6, 6.07) is 8.06. The van der Waals surface area contributed by atoms with Gasteiger partial charge in [-0.3, -0.25) is 10.1 Å². The number of benzene rings is 1. The molecule has 0 fully saturated rings. The molecule has 0 amide bonds. The van der Waals surface area contributed by atoms with Crippen molar-refractivity contribution in [3.63, 3.8) is 0 Å². The number of rotatable bonds is 3. The predicted octanol–water partition coefficient (Wildman–Crippen LogP) is 1.45. The lowest BCUT2D eigenvalue weighted by atomic mass is 10.1. The molecule has 2 aromatic rings. The summed E-state index contributed by atoms with van der Waals surface area (Å²) >= 11 is 0. The van der Waals surface area contributed by atoms with Gasteiger partial charge in [0.2, 0.25) is 11.8 Å². The van der Waals surface area contributed by atoms with Crippen LogP contribution in [0.2, 0.25) is 0 Å². The largest absolute Gasteiger partial charge is 0.368 e. The zero-order valence-corrected chi connectivity index (χ0v) is 10.4. The molecule has 0 radical (unpaired) electrons. The monoisotopic (exact) mass is 281 g/mol. The number of hydrogen-bond acceptors (Lipinski definition) is 8. The van der Waals surface area contributed by atoms with E-state index >= 15 is 0 Å². The van der Waals surface area contributed by atoms with Crippen molar-refractivity contribution in [2.75, 3.05) is 11.1 Å². The maximum absolute atomic E-state index is 10.9. The first kappa shape index (κ1) is 13.7. The lowest BCUT2D eigenvalue weighted by molar-refractivity contribution is -0.384. The second-order valence-electron chi connectivity index (χ2n) is 3.83. The van der Waals surface area contributed by atoms with Gasteiger partial charge in [-0.1, -0.05) is 0 Å². The molecule has 0 aliphatic carbocycles. The van der Waals surface area contributed by atoms with Gasteiger partial charge in [0.25, 0.3) is 0 Å². The number of hydrogen-bond donors (Lipinski definition) is 2. The maximum atomic E-state index is 10.9. The Labute approximate surface area is 118 Å². The predicted molar refractivity (Wildman–Crippen MR) is 72.3 cm³/mol. The average Bonchev–Trinajstić information content (AvgIpc) is 2.46. The van der Waals surface area contributed by atoms with E-state index in [1.807, 2.05) is 12.1 Å². The van der Waals surface area contributed by atoms with Crippen LogP contribution in [-0.2, 0) is 0 Å². The normalized spacial score (nSPS) is 9.43. The molecule has 1 heterocycles. The van der Waals surface area contributed by atoms with Crippen molar-refractivity contribution in [2.24, 2.45) is 0 Å². The first-order valence-corrected chi connectivity index (χ1v) is 5.53. The van der Waals surface area contributed by atoms with Gasteiger partial charge in [0.05, 0.1) is 16.1 Å². The summed E-state index contributed by atoms with van der Waals surface area (Å²) in [4.78, 5) is 17.5. The molecule has 0 spiro atoms. The number of nitriles is 2. The Morgan fingerprint density at radius 3 is 2.62 bits per heavy atom. The fraction of sp³-hybridized carbons (Fsp3) is 0. The molecule has 0 bridgehead atoms. The van der Waals surface area contributed by atoms with Crippen molar-refractivity contribution in [1.82, 2.24) is 9.97 Å². The second kappa shape index (κ2) is 5.50. The molecule has 0 saturated carbocycles. The zero-order chi connectivity index (χ0) is 15.4. The third-order valence-corrected chi connectivity index (χ3v) is 2.51. The Morgan fingerprint density at radius 2 is 2.00 bits per heavy atom. The summed E-state index contributed by atoms with van der Waals surface area (Å²) in [6.07, 6.45) is 0.986. The highest BCUT2D eigenvalue weighted by atomic mass is 16.6. The van der Waals surface area contributed by atoms with E-state index in [2.05, 4.69) is 15.3 Å². The summed E-state index contributed by atoms with van der Waals surface area (Å²) in [7, 11) is 0. The van der Waals surface area contributed by atoms with Crippen LogP contribution in [0, 0.1) is 32.8 Å².